The van der Waals surface area contributed by atoms with Crippen LogP contribution in [0.15, 0.2) is 48.5 Å². The molecular weight excluding hydrogens is 260 g/mol. The molecule has 0 fully saturated rings. The summed E-state index contributed by atoms with van der Waals surface area (Å²) in [7, 11) is 0. The number of rotatable bonds is 7. The maximum absolute atomic E-state index is 12.4. The van der Waals surface area contributed by atoms with Gasteiger partial charge in [0, 0.05) is 6.42 Å². The topological polar surface area (TPSA) is 26.3 Å². The number of aryl methyl sites for hydroxylation is 2. The molecule has 0 heterocycles. The van der Waals surface area contributed by atoms with Crippen molar-refractivity contribution in [3.8, 4) is 5.75 Å². The van der Waals surface area contributed by atoms with Gasteiger partial charge < -0.3 is 4.74 Å². The largest absolute Gasteiger partial charge is 0.493 e. The highest BCUT2D eigenvalue weighted by atomic mass is 16.5. The maximum Gasteiger partial charge on any atom is 0.166 e. The summed E-state index contributed by atoms with van der Waals surface area (Å²) in [6.45, 7) is 4.77. The highest BCUT2D eigenvalue weighted by Gasteiger charge is 2.12. The molecule has 0 spiro atoms. The van der Waals surface area contributed by atoms with Crippen LogP contribution in [0.3, 0.4) is 0 Å². The predicted octanol–water partition coefficient (Wildman–Crippen LogP) is 4.60. The van der Waals surface area contributed by atoms with Gasteiger partial charge in [-0.1, -0.05) is 48.9 Å². The Morgan fingerprint density at radius 1 is 1.10 bits per heavy atom. The van der Waals surface area contributed by atoms with Crippen LogP contribution in [0.25, 0.3) is 0 Å². The van der Waals surface area contributed by atoms with E-state index in [0.717, 1.165) is 12.8 Å². The first kappa shape index (κ1) is 15.3. The molecular formula is C19H22O2. The monoisotopic (exact) mass is 282 g/mol. The van der Waals surface area contributed by atoms with Gasteiger partial charge in [-0.2, -0.15) is 0 Å². The van der Waals surface area contributed by atoms with Crippen LogP contribution in [0, 0.1) is 6.92 Å². The molecule has 2 aromatic carbocycles. The van der Waals surface area contributed by atoms with Gasteiger partial charge in [0.05, 0.1) is 12.2 Å². The first-order valence-corrected chi connectivity index (χ1v) is 7.51. The molecule has 2 heteroatoms. The van der Waals surface area contributed by atoms with E-state index in [2.05, 4.69) is 32.0 Å². The first-order chi connectivity index (χ1) is 10.2. The minimum atomic E-state index is 0.142. The predicted molar refractivity (Wildman–Crippen MR) is 86.1 cm³/mol. The number of carbonyl (C=O) groups excluding carboxylic acids is 1. The molecule has 0 amide bonds. The lowest BCUT2D eigenvalue weighted by Crippen LogP contribution is -2.06. The van der Waals surface area contributed by atoms with E-state index in [1.165, 1.54) is 11.1 Å². The lowest BCUT2D eigenvalue weighted by Gasteiger charge is -2.10. The van der Waals surface area contributed by atoms with Gasteiger partial charge in [-0.25, -0.2) is 0 Å². The molecule has 2 nitrogen and oxygen atoms in total. The quantitative estimate of drug-likeness (QED) is 0.694. The Bertz CT molecular complexity index is 602. The van der Waals surface area contributed by atoms with Gasteiger partial charge >= 0.3 is 0 Å². The highest BCUT2D eigenvalue weighted by Crippen LogP contribution is 2.21. The summed E-state index contributed by atoms with van der Waals surface area (Å²) in [5.41, 5.74) is 3.13. The van der Waals surface area contributed by atoms with Gasteiger partial charge in [0.2, 0.25) is 0 Å². The summed E-state index contributed by atoms with van der Waals surface area (Å²) in [4.78, 5) is 12.4. The second-order valence-electron chi connectivity index (χ2n) is 5.26. The number of carbonyl (C=O) groups is 1. The molecule has 0 saturated carbocycles. The van der Waals surface area contributed by atoms with Crippen molar-refractivity contribution in [2.75, 3.05) is 6.61 Å². The van der Waals surface area contributed by atoms with Crippen LogP contribution in [-0.4, -0.2) is 12.4 Å². The third-order valence-electron chi connectivity index (χ3n) is 3.37. The fourth-order valence-electron chi connectivity index (χ4n) is 2.30. The number of ketones is 1. The van der Waals surface area contributed by atoms with Crippen molar-refractivity contribution < 1.29 is 9.53 Å². The van der Waals surface area contributed by atoms with E-state index in [1.54, 1.807) is 0 Å². The lowest BCUT2D eigenvalue weighted by atomic mass is 10.0. The summed E-state index contributed by atoms with van der Waals surface area (Å²) in [6, 6.07) is 15.8. The summed E-state index contributed by atoms with van der Waals surface area (Å²) in [5, 5.41) is 0. The van der Waals surface area contributed by atoms with E-state index >= 15 is 0 Å². The smallest absolute Gasteiger partial charge is 0.166 e. The highest BCUT2D eigenvalue weighted by molar-refractivity contribution is 5.98. The number of ether oxygens (including phenoxy) is 1. The fourth-order valence-corrected chi connectivity index (χ4v) is 2.30. The second-order valence-corrected chi connectivity index (χ2v) is 5.26. The summed E-state index contributed by atoms with van der Waals surface area (Å²) >= 11 is 0. The maximum atomic E-state index is 12.4. The number of hydrogen-bond donors (Lipinski definition) is 0. The summed E-state index contributed by atoms with van der Waals surface area (Å²) in [5.74, 6) is 0.844. The van der Waals surface area contributed by atoms with Gasteiger partial charge in [-0.05, 0) is 37.5 Å². The molecule has 110 valence electrons. The van der Waals surface area contributed by atoms with Crippen LogP contribution >= 0.6 is 0 Å². The average molecular weight is 282 g/mol. The minimum Gasteiger partial charge on any atom is -0.493 e. The molecule has 0 unspecified atom stereocenters. The number of para-hydroxylation sites is 1. The standard InChI is InChI=1S/C19H22O2/c1-3-13-21-19-10-5-4-9-17(19)18(20)12-11-16-8-6-7-15(2)14-16/h4-10,14H,3,11-13H2,1-2H3. The second kappa shape index (κ2) is 7.63. The molecule has 21 heavy (non-hydrogen) atoms. The van der Waals surface area contributed by atoms with Crippen molar-refractivity contribution in [3.05, 3.63) is 65.2 Å². The van der Waals surface area contributed by atoms with Crippen molar-refractivity contribution >= 4 is 5.78 Å². The fraction of sp³-hybridized carbons (Fsp3) is 0.316. The van der Waals surface area contributed by atoms with Crippen molar-refractivity contribution in [1.29, 1.82) is 0 Å². The van der Waals surface area contributed by atoms with Crippen molar-refractivity contribution in [2.24, 2.45) is 0 Å². The molecule has 0 N–H and O–H groups in total. The lowest BCUT2D eigenvalue weighted by molar-refractivity contribution is 0.0979. The number of benzene rings is 2. The zero-order chi connectivity index (χ0) is 15.1. The van der Waals surface area contributed by atoms with Crippen molar-refractivity contribution in [3.63, 3.8) is 0 Å². The SMILES string of the molecule is CCCOc1ccccc1C(=O)CCc1cccc(C)c1. The van der Waals surface area contributed by atoms with Crippen LogP contribution in [0.1, 0.15) is 41.3 Å². The molecule has 0 aromatic heterocycles. The third kappa shape index (κ3) is 4.45. The van der Waals surface area contributed by atoms with Gasteiger partial charge in [-0.15, -0.1) is 0 Å². The van der Waals surface area contributed by atoms with Gasteiger partial charge in [0.25, 0.3) is 0 Å². The van der Waals surface area contributed by atoms with Gasteiger partial charge in [0.1, 0.15) is 5.75 Å². The normalized spacial score (nSPS) is 10.4. The Hall–Kier alpha value is -2.09. The minimum absolute atomic E-state index is 0.142. The Balaban J connectivity index is 2.03. The first-order valence-electron chi connectivity index (χ1n) is 7.51. The molecule has 0 bridgehead atoms. The van der Waals surface area contributed by atoms with Gasteiger partial charge in [-0.3, -0.25) is 4.79 Å². The number of hydrogen-bond acceptors (Lipinski definition) is 2. The van der Waals surface area contributed by atoms with Crippen LogP contribution < -0.4 is 4.74 Å². The van der Waals surface area contributed by atoms with Crippen LogP contribution in [0.4, 0.5) is 0 Å². The Morgan fingerprint density at radius 3 is 2.67 bits per heavy atom. The zero-order valence-corrected chi connectivity index (χ0v) is 12.8. The molecule has 2 aromatic rings. The van der Waals surface area contributed by atoms with E-state index in [-0.39, 0.29) is 5.78 Å². The zero-order valence-electron chi connectivity index (χ0n) is 12.8. The van der Waals surface area contributed by atoms with Crippen molar-refractivity contribution in [2.45, 2.75) is 33.1 Å². The Labute approximate surface area is 126 Å². The third-order valence-corrected chi connectivity index (χ3v) is 3.37. The van der Waals surface area contributed by atoms with E-state index in [4.69, 9.17) is 4.74 Å². The molecule has 0 saturated heterocycles. The molecule has 2 rings (SSSR count). The molecule has 0 radical (unpaired) electrons. The average Bonchev–Trinajstić information content (AvgIpc) is 2.51. The van der Waals surface area contributed by atoms with Crippen LogP contribution in [0.2, 0.25) is 0 Å². The number of Topliss-reactive ketones (excluding diaryl/α,β-unsaturated/α-hetero) is 1. The van der Waals surface area contributed by atoms with E-state index in [1.807, 2.05) is 30.3 Å². The summed E-state index contributed by atoms with van der Waals surface area (Å²) in [6.07, 6.45) is 2.21. The Morgan fingerprint density at radius 2 is 1.90 bits per heavy atom. The van der Waals surface area contributed by atoms with E-state index < -0.39 is 0 Å². The Kier molecular flexibility index (Phi) is 5.56. The van der Waals surface area contributed by atoms with E-state index in [9.17, 15) is 4.79 Å². The van der Waals surface area contributed by atoms with Crippen LogP contribution in [0.5, 0.6) is 5.75 Å². The molecule has 0 atom stereocenters. The van der Waals surface area contributed by atoms with Gasteiger partial charge in [0.15, 0.2) is 5.78 Å². The molecule has 0 aliphatic carbocycles. The molecule has 0 aliphatic rings. The van der Waals surface area contributed by atoms with Crippen LogP contribution in [-0.2, 0) is 6.42 Å². The molecule has 0 aliphatic heterocycles. The van der Waals surface area contributed by atoms with E-state index in [0.29, 0.717) is 24.3 Å². The summed E-state index contributed by atoms with van der Waals surface area (Å²) < 4.78 is 5.66. The van der Waals surface area contributed by atoms with Crippen molar-refractivity contribution in [1.82, 2.24) is 0 Å².